The number of carbonyl (C=O) groups is 2. The van der Waals surface area contributed by atoms with Crippen molar-refractivity contribution in [2.75, 3.05) is 20.2 Å². The van der Waals surface area contributed by atoms with Gasteiger partial charge in [-0.05, 0) is 41.5 Å². The Morgan fingerprint density at radius 1 is 1.00 bits per heavy atom. The van der Waals surface area contributed by atoms with Gasteiger partial charge in [-0.3, -0.25) is 9.59 Å². The number of nitrogens with zero attached hydrogens (tertiary/aromatic N) is 1. The lowest BCUT2D eigenvalue weighted by atomic mass is 9.88. The molecule has 0 radical (unpaired) electrons. The first-order chi connectivity index (χ1) is 16.0. The van der Waals surface area contributed by atoms with Crippen LogP contribution < -0.4 is 10.1 Å². The van der Waals surface area contributed by atoms with Gasteiger partial charge in [0.05, 0.1) is 23.6 Å². The van der Waals surface area contributed by atoms with Crippen LogP contribution >= 0.6 is 23.2 Å². The second-order valence-corrected chi connectivity index (χ2v) is 8.87. The molecule has 1 saturated heterocycles. The zero-order valence-electron chi connectivity index (χ0n) is 18.1. The molecule has 1 fully saturated rings. The van der Waals surface area contributed by atoms with Crippen molar-refractivity contribution in [3.05, 3.63) is 99.5 Å². The average molecular weight is 483 g/mol. The quantitative estimate of drug-likeness (QED) is 0.526. The lowest BCUT2D eigenvalue weighted by Gasteiger charge is -2.18. The van der Waals surface area contributed by atoms with Crippen LogP contribution in [0.3, 0.4) is 0 Å². The third kappa shape index (κ3) is 5.32. The minimum atomic E-state index is -0.392. The number of methoxy groups -OCH3 is 1. The van der Waals surface area contributed by atoms with Crippen LogP contribution in [0, 0.1) is 5.92 Å². The highest BCUT2D eigenvalue weighted by Crippen LogP contribution is 2.35. The molecule has 0 aromatic heterocycles. The topological polar surface area (TPSA) is 58.6 Å². The van der Waals surface area contributed by atoms with E-state index in [0.29, 0.717) is 35.2 Å². The van der Waals surface area contributed by atoms with Crippen molar-refractivity contribution in [3.63, 3.8) is 0 Å². The van der Waals surface area contributed by atoms with Gasteiger partial charge in [0.2, 0.25) is 5.91 Å². The van der Waals surface area contributed by atoms with Gasteiger partial charge in [0.15, 0.2) is 0 Å². The first-order valence-corrected chi connectivity index (χ1v) is 11.4. The van der Waals surface area contributed by atoms with E-state index in [1.165, 1.54) is 0 Å². The van der Waals surface area contributed by atoms with Crippen molar-refractivity contribution < 1.29 is 14.3 Å². The Kier molecular flexibility index (Phi) is 7.21. The van der Waals surface area contributed by atoms with Gasteiger partial charge in [0.25, 0.3) is 5.91 Å². The van der Waals surface area contributed by atoms with E-state index in [-0.39, 0.29) is 17.7 Å². The zero-order valence-corrected chi connectivity index (χ0v) is 19.6. The standard InChI is InChI=1S/C26H24Cl2N2O3/c1-33-20-10-7-18(8-11-20)22-15-30(26(32)21-12-9-19(27)13-24(21)28)16-23(22)25(31)29-14-17-5-3-2-4-6-17/h2-13,22-23H,14-16H2,1H3,(H,29,31). The van der Waals surface area contributed by atoms with Crippen LogP contribution in [0.2, 0.25) is 10.0 Å². The molecule has 0 bridgehead atoms. The molecule has 1 aliphatic heterocycles. The molecule has 1 heterocycles. The van der Waals surface area contributed by atoms with Crippen LogP contribution in [0.25, 0.3) is 0 Å². The number of halogens is 2. The Labute approximate surface area is 203 Å². The molecule has 7 heteroatoms. The highest BCUT2D eigenvalue weighted by molar-refractivity contribution is 6.36. The van der Waals surface area contributed by atoms with Gasteiger partial charge in [-0.1, -0.05) is 65.7 Å². The number of amides is 2. The first-order valence-electron chi connectivity index (χ1n) is 10.7. The van der Waals surface area contributed by atoms with Crippen LogP contribution in [0.1, 0.15) is 27.4 Å². The Balaban J connectivity index is 1.57. The van der Waals surface area contributed by atoms with Crippen LogP contribution in [0.5, 0.6) is 5.75 Å². The molecular formula is C26H24Cl2N2O3. The van der Waals surface area contributed by atoms with Crippen molar-refractivity contribution in [2.45, 2.75) is 12.5 Å². The van der Waals surface area contributed by atoms with Crippen molar-refractivity contribution in [3.8, 4) is 5.75 Å². The Hall–Kier alpha value is -3.02. The summed E-state index contributed by atoms with van der Waals surface area (Å²) in [6.07, 6.45) is 0. The van der Waals surface area contributed by atoms with Gasteiger partial charge in [-0.15, -0.1) is 0 Å². The number of hydrogen-bond donors (Lipinski definition) is 1. The number of hydrogen-bond acceptors (Lipinski definition) is 3. The second-order valence-electron chi connectivity index (χ2n) is 8.02. The molecule has 1 aliphatic rings. The Morgan fingerprint density at radius 3 is 2.39 bits per heavy atom. The lowest BCUT2D eigenvalue weighted by Crippen LogP contribution is -2.35. The van der Waals surface area contributed by atoms with Crippen LogP contribution in [0.15, 0.2) is 72.8 Å². The maximum atomic E-state index is 13.3. The third-order valence-corrected chi connectivity index (χ3v) is 6.51. The fraction of sp³-hybridized carbons (Fsp3) is 0.231. The first kappa shape index (κ1) is 23.1. The minimum Gasteiger partial charge on any atom is -0.497 e. The molecule has 2 unspecified atom stereocenters. The zero-order chi connectivity index (χ0) is 23.4. The van der Waals surface area contributed by atoms with E-state index >= 15 is 0 Å². The molecule has 2 atom stereocenters. The summed E-state index contributed by atoms with van der Waals surface area (Å²) >= 11 is 12.3. The molecular weight excluding hydrogens is 459 g/mol. The van der Waals surface area contributed by atoms with Crippen molar-refractivity contribution in [1.29, 1.82) is 0 Å². The summed E-state index contributed by atoms with van der Waals surface area (Å²) in [5.74, 6) is -0.104. The van der Waals surface area contributed by atoms with Gasteiger partial charge in [-0.25, -0.2) is 0 Å². The van der Waals surface area contributed by atoms with Gasteiger partial charge in [0.1, 0.15) is 5.75 Å². The summed E-state index contributed by atoms with van der Waals surface area (Å²) in [7, 11) is 1.61. The van der Waals surface area contributed by atoms with E-state index in [0.717, 1.165) is 16.9 Å². The summed E-state index contributed by atoms with van der Waals surface area (Å²) in [6, 6.07) is 22.2. The summed E-state index contributed by atoms with van der Waals surface area (Å²) in [4.78, 5) is 28.2. The van der Waals surface area contributed by atoms with Crippen molar-refractivity contribution >= 4 is 35.0 Å². The Bertz CT molecular complexity index is 1140. The molecule has 3 aromatic carbocycles. The molecule has 33 heavy (non-hydrogen) atoms. The third-order valence-electron chi connectivity index (χ3n) is 5.96. The number of benzene rings is 3. The molecule has 0 aliphatic carbocycles. The summed E-state index contributed by atoms with van der Waals surface area (Å²) in [6.45, 7) is 1.14. The van der Waals surface area contributed by atoms with Gasteiger partial charge >= 0.3 is 0 Å². The van der Waals surface area contributed by atoms with Gasteiger partial charge in [0, 0.05) is 30.6 Å². The molecule has 3 aromatic rings. The van der Waals surface area contributed by atoms with Gasteiger partial charge in [-0.2, -0.15) is 0 Å². The molecule has 0 spiro atoms. The summed E-state index contributed by atoms with van der Waals surface area (Å²) < 4.78 is 5.26. The smallest absolute Gasteiger partial charge is 0.255 e. The maximum absolute atomic E-state index is 13.3. The van der Waals surface area contributed by atoms with Crippen molar-refractivity contribution in [1.82, 2.24) is 10.2 Å². The van der Waals surface area contributed by atoms with Crippen LogP contribution in [-0.4, -0.2) is 36.9 Å². The predicted molar refractivity (Wildman–Crippen MR) is 130 cm³/mol. The van der Waals surface area contributed by atoms with E-state index in [1.807, 2.05) is 54.6 Å². The molecule has 2 amide bonds. The molecule has 0 saturated carbocycles. The molecule has 5 nitrogen and oxygen atoms in total. The van der Waals surface area contributed by atoms with Crippen molar-refractivity contribution in [2.24, 2.45) is 5.92 Å². The highest BCUT2D eigenvalue weighted by Gasteiger charge is 2.40. The number of ether oxygens (including phenoxy) is 1. The summed E-state index contributed by atoms with van der Waals surface area (Å²) in [5, 5.41) is 3.80. The monoisotopic (exact) mass is 482 g/mol. The fourth-order valence-electron chi connectivity index (χ4n) is 4.17. The second kappa shape index (κ2) is 10.3. The van der Waals surface area contributed by atoms with Crippen LogP contribution in [-0.2, 0) is 11.3 Å². The number of carbonyl (C=O) groups excluding carboxylic acids is 2. The van der Waals surface area contributed by atoms with Crippen LogP contribution in [0.4, 0.5) is 0 Å². The van der Waals surface area contributed by atoms with E-state index in [4.69, 9.17) is 27.9 Å². The normalized spacial score (nSPS) is 17.6. The van der Waals surface area contributed by atoms with E-state index < -0.39 is 5.92 Å². The maximum Gasteiger partial charge on any atom is 0.255 e. The SMILES string of the molecule is COc1ccc(C2CN(C(=O)c3ccc(Cl)cc3Cl)CC2C(=O)NCc2ccccc2)cc1. The predicted octanol–water partition coefficient (Wildman–Crippen LogP) is 5.17. The van der Waals surface area contributed by atoms with E-state index in [2.05, 4.69) is 5.32 Å². The molecule has 170 valence electrons. The molecule has 4 rings (SSSR count). The lowest BCUT2D eigenvalue weighted by molar-refractivity contribution is -0.125. The number of likely N-dealkylation sites (tertiary alicyclic amines) is 1. The average Bonchev–Trinajstić information content (AvgIpc) is 3.28. The van der Waals surface area contributed by atoms with E-state index in [9.17, 15) is 9.59 Å². The molecule has 1 N–H and O–H groups in total. The number of nitrogens with one attached hydrogen (secondary N) is 1. The van der Waals surface area contributed by atoms with E-state index in [1.54, 1.807) is 30.2 Å². The minimum absolute atomic E-state index is 0.0859. The Morgan fingerprint density at radius 2 is 1.73 bits per heavy atom. The van der Waals surface area contributed by atoms with Gasteiger partial charge < -0.3 is 15.0 Å². The largest absolute Gasteiger partial charge is 0.497 e. The summed E-state index contributed by atoms with van der Waals surface area (Å²) in [5.41, 5.74) is 2.37. The fourth-order valence-corrected chi connectivity index (χ4v) is 4.66. The highest BCUT2D eigenvalue weighted by atomic mass is 35.5. The number of rotatable bonds is 6.